The first kappa shape index (κ1) is 11.7. The Hall–Kier alpha value is -1.35. The molecule has 0 bridgehead atoms. The zero-order valence-corrected chi connectivity index (χ0v) is 9.36. The second kappa shape index (κ2) is 6.19. The number of rotatable bonds is 5. The van der Waals surface area contributed by atoms with Crippen molar-refractivity contribution in [2.75, 3.05) is 13.2 Å². The van der Waals surface area contributed by atoms with Gasteiger partial charge in [0.1, 0.15) is 6.61 Å². The average Bonchev–Trinajstić information content (AvgIpc) is 2.25. The van der Waals surface area contributed by atoms with Crippen LogP contribution in [0.25, 0.3) is 0 Å². The molecule has 0 radical (unpaired) electrons. The van der Waals surface area contributed by atoms with E-state index < -0.39 is 0 Å². The van der Waals surface area contributed by atoms with Crippen molar-refractivity contribution in [3.63, 3.8) is 0 Å². The lowest BCUT2D eigenvalue weighted by molar-refractivity contribution is 0.143. The van der Waals surface area contributed by atoms with E-state index in [1.54, 1.807) is 0 Å². The molecule has 0 saturated carbocycles. The Morgan fingerprint density at radius 2 is 2.00 bits per heavy atom. The molecule has 82 valence electrons. The van der Waals surface area contributed by atoms with Gasteiger partial charge in [-0.15, -0.1) is 0 Å². The smallest absolute Gasteiger partial charge is 0.118 e. The van der Waals surface area contributed by atoms with E-state index in [4.69, 9.17) is 10.6 Å². The number of nitrogens with two attached hydrogens (primary N) is 1. The highest BCUT2D eigenvalue weighted by Crippen LogP contribution is 2.04. The van der Waals surface area contributed by atoms with Crippen molar-refractivity contribution in [1.29, 1.82) is 0 Å². The predicted octanol–water partition coefficient (Wildman–Crippen LogP) is 2.08. The molecule has 0 heterocycles. The molecule has 1 rings (SSSR count). The highest BCUT2D eigenvalue weighted by atomic mass is 16.6. The molecule has 0 saturated heterocycles. The zero-order valence-electron chi connectivity index (χ0n) is 9.36. The summed E-state index contributed by atoms with van der Waals surface area (Å²) in [6.45, 7) is 5.22. The van der Waals surface area contributed by atoms with E-state index in [0.717, 1.165) is 17.7 Å². The second-order valence-corrected chi connectivity index (χ2v) is 3.52. The Balaban J connectivity index is 2.52. The molecule has 1 aromatic rings. The van der Waals surface area contributed by atoms with Gasteiger partial charge < -0.3 is 10.6 Å². The fourth-order valence-corrected chi connectivity index (χ4v) is 1.14. The molecule has 0 aliphatic rings. The van der Waals surface area contributed by atoms with E-state index in [-0.39, 0.29) is 0 Å². The van der Waals surface area contributed by atoms with Gasteiger partial charge in [-0.3, -0.25) is 0 Å². The summed E-state index contributed by atoms with van der Waals surface area (Å²) in [5.74, 6) is 0. The summed E-state index contributed by atoms with van der Waals surface area (Å²) in [7, 11) is 0. The molecule has 0 aliphatic carbocycles. The van der Waals surface area contributed by atoms with E-state index >= 15 is 0 Å². The minimum absolute atomic E-state index is 0.583. The average molecular weight is 206 g/mol. The van der Waals surface area contributed by atoms with Crippen LogP contribution in [0.5, 0.6) is 0 Å². The molecule has 3 heteroatoms. The Kier molecular flexibility index (Phi) is 4.84. The highest BCUT2D eigenvalue weighted by molar-refractivity contribution is 5.98. The standard InChI is InChI=1S/C12H18N2O/c1-10-4-6-12(7-5-10)11(2)14-15-9-3-8-13/h4-7H,3,8-9,13H2,1-2H3/b14-11+. The van der Waals surface area contributed by atoms with Crippen molar-refractivity contribution in [1.82, 2.24) is 0 Å². The number of benzene rings is 1. The lowest BCUT2D eigenvalue weighted by Gasteiger charge is -2.02. The molecular weight excluding hydrogens is 188 g/mol. The van der Waals surface area contributed by atoms with E-state index in [2.05, 4.69) is 24.2 Å². The van der Waals surface area contributed by atoms with Crippen molar-refractivity contribution >= 4 is 5.71 Å². The maximum absolute atomic E-state index is 5.34. The number of oxime groups is 1. The molecule has 0 aromatic heterocycles. The Morgan fingerprint density at radius 1 is 1.33 bits per heavy atom. The molecule has 3 nitrogen and oxygen atoms in total. The quantitative estimate of drug-likeness (QED) is 0.455. The molecule has 0 spiro atoms. The maximum Gasteiger partial charge on any atom is 0.118 e. The van der Waals surface area contributed by atoms with Crippen molar-refractivity contribution in [2.45, 2.75) is 20.3 Å². The lowest BCUT2D eigenvalue weighted by atomic mass is 10.1. The fourth-order valence-electron chi connectivity index (χ4n) is 1.14. The summed E-state index contributed by atoms with van der Waals surface area (Å²) < 4.78 is 0. The van der Waals surface area contributed by atoms with Crippen LogP contribution in [-0.4, -0.2) is 18.9 Å². The Labute approximate surface area is 90.9 Å². The van der Waals surface area contributed by atoms with Crippen molar-refractivity contribution in [3.05, 3.63) is 35.4 Å². The van der Waals surface area contributed by atoms with Gasteiger partial charge in [0, 0.05) is 0 Å². The van der Waals surface area contributed by atoms with Gasteiger partial charge in [0.2, 0.25) is 0 Å². The molecule has 0 aliphatic heterocycles. The van der Waals surface area contributed by atoms with Crippen molar-refractivity contribution in [3.8, 4) is 0 Å². The zero-order chi connectivity index (χ0) is 11.1. The summed E-state index contributed by atoms with van der Waals surface area (Å²) in [6.07, 6.45) is 0.838. The van der Waals surface area contributed by atoms with Gasteiger partial charge >= 0.3 is 0 Å². The molecule has 2 N–H and O–H groups in total. The van der Waals surface area contributed by atoms with Crippen LogP contribution in [0.3, 0.4) is 0 Å². The first-order valence-corrected chi connectivity index (χ1v) is 5.17. The predicted molar refractivity (Wildman–Crippen MR) is 63.0 cm³/mol. The SMILES string of the molecule is C/C(=N\OCCCN)c1ccc(C)cc1. The maximum atomic E-state index is 5.34. The Morgan fingerprint density at radius 3 is 2.60 bits per heavy atom. The Bertz CT molecular complexity index is 317. The van der Waals surface area contributed by atoms with Crippen LogP contribution in [0.2, 0.25) is 0 Å². The summed E-state index contributed by atoms with van der Waals surface area (Å²) in [6, 6.07) is 8.21. The monoisotopic (exact) mass is 206 g/mol. The largest absolute Gasteiger partial charge is 0.396 e. The molecule has 0 amide bonds. The normalized spacial score (nSPS) is 11.5. The number of hydrogen-bond acceptors (Lipinski definition) is 3. The third-order valence-corrected chi connectivity index (χ3v) is 2.11. The minimum atomic E-state index is 0.583. The first-order chi connectivity index (χ1) is 7.24. The fraction of sp³-hybridized carbons (Fsp3) is 0.417. The molecule has 15 heavy (non-hydrogen) atoms. The van der Waals surface area contributed by atoms with Gasteiger partial charge in [-0.1, -0.05) is 35.0 Å². The van der Waals surface area contributed by atoms with Crippen LogP contribution in [0, 0.1) is 6.92 Å². The van der Waals surface area contributed by atoms with Crippen LogP contribution in [-0.2, 0) is 4.84 Å². The molecule has 0 unspecified atom stereocenters. The van der Waals surface area contributed by atoms with Crippen LogP contribution in [0.4, 0.5) is 0 Å². The summed E-state index contributed by atoms with van der Waals surface area (Å²) in [5, 5.41) is 4.02. The van der Waals surface area contributed by atoms with E-state index in [1.165, 1.54) is 5.56 Å². The lowest BCUT2D eigenvalue weighted by Crippen LogP contribution is -2.03. The summed E-state index contributed by atoms with van der Waals surface area (Å²) in [4.78, 5) is 5.13. The van der Waals surface area contributed by atoms with Crippen molar-refractivity contribution in [2.24, 2.45) is 10.9 Å². The van der Waals surface area contributed by atoms with Gasteiger partial charge in [-0.2, -0.15) is 0 Å². The third-order valence-electron chi connectivity index (χ3n) is 2.11. The summed E-state index contributed by atoms with van der Waals surface area (Å²) >= 11 is 0. The van der Waals surface area contributed by atoms with Crippen molar-refractivity contribution < 1.29 is 4.84 Å². The van der Waals surface area contributed by atoms with E-state index in [9.17, 15) is 0 Å². The van der Waals surface area contributed by atoms with Crippen LogP contribution in [0.1, 0.15) is 24.5 Å². The van der Waals surface area contributed by atoms with Gasteiger partial charge in [0.15, 0.2) is 0 Å². The topological polar surface area (TPSA) is 47.6 Å². The molecule has 0 atom stereocenters. The number of aryl methyl sites for hydroxylation is 1. The minimum Gasteiger partial charge on any atom is -0.396 e. The van der Waals surface area contributed by atoms with Gasteiger partial charge in [-0.25, -0.2) is 0 Å². The molecule has 1 aromatic carbocycles. The summed E-state index contributed by atoms with van der Waals surface area (Å²) in [5.41, 5.74) is 8.58. The third kappa shape index (κ3) is 4.13. The van der Waals surface area contributed by atoms with Gasteiger partial charge in [-0.05, 0) is 32.4 Å². The van der Waals surface area contributed by atoms with Crippen LogP contribution >= 0.6 is 0 Å². The number of nitrogens with zero attached hydrogens (tertiary/aromatic N) is 1. The van der Waals surface area contributed by atoms with E-state index in [1.807, 2.05) is 19.1 Å². The van der Waals surface area contributed by atoms with Gasteiger partial charge in [0.05, 0.1) is 5.71 Å². The van der Waals surface area contributed by atoms with Crippen LogP contribution in [0.15, 0.2) is 29.4 Å². The number of hydrogen-bond donors (Lipinski definition) is 1. The first-order valence-electron chi connectivity index (χ1n) is 5.17. The highest BCUT2D eigenvalue weighted by Gasteiger charge is 1.96. The van der Waals surface area contributed by atoms with Crippen LogP contribution < -0.4 is 5.73 Å². The molecule has 0 fully saturated rings. The van der Waals surface area contributed by atoms with Gasteiger partial charge in [0.25, 0.3) is 0 Å². The second-order valence-electron chi connectivity index (χ2n) is 3.52. The van der Waals surface area contributed by atoms with E-state index in [0.29, 0.717) is 13.2 Å². The molecular formula is C12H18N2O.